The molecule has 3 aromatic carbocycles. The molecule has 2 atom stereocenters. The minimum absolute atomic E-state index is 0.0293. The van der Waals surface area contributed by atoms with Gasteiger partial charge in [0.1, 0.15) is 17.3 Å². The molecule has 3 aromatic rings. The normalized spacial score (nSPS) is 19.6. The fourth-order valence-corrected chi connectivity index (χ4v) is 4.48. The zero-order chi connectivity index (χ0) is 20.8. The molecule has 152 valence electrons. The van der Waals surface area contributed by atoms with Crippen LogP contribution < -0.4 is 9.47 Å². The van der Waals surface area contributed by atoms with Crippen molar-refractivity contribution in [3.8, 4) is 11.5 Å². The van der Waals surface area contributed by atoms with Crippen LogP contribution in [0, 0.1) is 5.82 Å². The largest absolute Gasteiger partial charge is 0.497 e. The molecule has 0 aromatic heterocycles. The van der Waals surface area contributed by atoms with Crippen molar-refractivity contribution in [1.29, 1.82) is 0 Å². The van der Waals surface area contributed by atoms with Gasteiger partial charge in [0.05, 0.1) is 23.3 Å². The molecule has 2 aliphatic rings. The molecule has 0 amide bonds. The van der Waals surface area contributed by atoms with Gasteiger partial charge in [-0.1, -0.05) is 17.7 Å². The molecule has 30 heavy (non-hydrogen) atoms. The van der Waals surface area contributed by atoms with Crippen molar-refractivity contribution >= 4 is 33.2 Å². The fourth-order valence-electron chi connectivity index (χ4n) is 3.90. The first-order valence-corrected chi connectivity index (χ1v) is 10.6. The van der Waals surface area contributed by atoms with Gasteiger partial charge in [-0.05, 0) is 76.1 Å². The van der Waals surface area contributed by atoms with Crippen LogP contribution in [-0.4, -0.2) is 17.8 Å². The Morgan fingerprint density at radius 3 is 2.67 bits per heavy atom. The number of hydrogen-bond acceptors (Lipinski definition) is 4. The lowest BCUT2D eigenvalue weighted by Gasteiger charge is -2.38. The molecule has 0 N–H and O–H groups in total. The van der Waals surface area contributed by atoms with E-state index in [4.69, 9.17) is 26.2 Å². The maximum atomic E-state index is 13.8. The van der Waals surface area contributed by atoms with Gasteiger partial charge in [-0.2, -0.15) is 5.10 Å². The highest BCUT2D eigenvalue weighted by atomic mass is 79.9. The maximum absolute atomic E-state index is 13.8. The van der Waals surface area contributed by atoms with Gasteiger partial charge in [-0.25, -0.2) is 9.40 Å². The number of halogens is 3. The standard InChI is InChI=1S/C23H17BrClFN2O2/c1-29-16-6-2-13(3-7-16)20-12-21-17-11-15(25)5-9-22(17)30-23(28(21)27-20)14-4-8-19(26)18(24)10-14/h2-11,21,23H,12H2,1H3. The predicted molar refractivity (Wildman–Crippen MR) is 118 cm³/mol. The molecule has 2 aliphatic heterocycles. The average Bonchev–Trinajstić information content (AvgIpc) is 3.21. The Morgan fingerprint density at radius 2 is 1.93 bits per heavy atom. The van der Waals surface area contributed by atoms with Crippen LogP contribution in [0.15, 0.2) is 70.2 Å². The minimum Gasteiger partial charge on any atom is -0.497 e. The summed E-state index contributed by atoms with van der Waals surface area (Å²) in [5, 5.41) is 7.50. The average molecular weight is 488 g/mol. The molecule has 0 saturated heterocycles. The van der Waals surface area contributed by atoms with Crippen LogP contribution in [0.25, 0.3) is 0 Å². The molecule has 2 unspecified atom stereocenters. The Morgan fingerprint density at radius 1 is 1.13 bits per heavy atom. The summed E-state index contributed by atoms with van der Waals surface area (Å²) in [6.45, 7) is 0. The van der Waals surface area contributed by atoms with Gasteiger partial charge < -0.3 is 9.47 Å². The van der Waals surface area contributed by atoms with Crippen molar-refractivity contribution in [2.24, 2.45) is 5.10 Å². The number of nitrogens with zero attached hydrogens (tertiary/aromatic N) is 2. The summed E-state index contributed by atoms with van der Waals surface area (Å²) in [6, 6.07) is 18.3. The van der Waals surface area contributed by atoms with E-state index in [9.17, 15) is 4.39 Å². The molecule has 0 fully saturated rings. The van der Waals surface area contributed by atoms with Gasteiger partial charge in [-0.3, -0.25) is 0 Å². The SMILES string of the molecule is COc1ccc(C2=NN3C(C2)c2cc(Cl)ccc2OC3c2ccc(F)c(Br)c2)cc1. The Hall–Kier alpha value is -2.57. The van der Waals surface area contributed by atoms with Gasteiger partial charge in [0.25, 0.3) is 0 Å². The van der Waals surface area contributed by atoms with Crippen LogP contribution in [0.5, 0.6) is 11.5 Å². The highest BCUT2D eigenvalue weighted by molar-refractivity contribution is 9.10. The maximum Gasteiger partial charge on any atom is 0.213 e. The number of rotatable bonds is 3. The molecule has 0 bridgehead atoms. The third-order valence-electron chi connectivity index (χ3n) is 5.40. The van der Waals surface area contributed by atoms with E-state index in [0.29, 0.717) is 15.9 Å². The number of ether oxygens (including phenoxy) is 2. The topological polar surface area (TPSA) is 34.1 Å². The molecule has 5 rings (SSSR count). The lowest BCUT2D eigenvalue weighted by atomic mass is 9.96. The second-order valence-electron chi connectivity index (χ2n) is 7.20. The molecule has 0 radical (unpaired) electrons. The zero-order valence-corrected chi connectivity index (χ0v) is 18.3. The number of fused-ring (bicyclic) bond motifs is 3. The van der Waals surface area contributed by atoms with Crippen molar-refractivity contribution in [2.75, 3.05) is 7.11 Å². The quantitative estimate of drug-likeness (QED) is 0.423. The van der Waals surface area contributed by atoms with Crippen molar-refractivity contribution in [3.05, 3.63) is 92.7 Å². The van der Waals surface area contributed by atoms with E-state index in [1.807, 2.05) is 47.5 Å². The highest BCUT2D eigenvalue weighted by Gasteiger charge is 2.41. The van der Waals surface area contributed by atoms with E-state index >= 15 is 0 Å². The molecule has 0 aliphatic carbocycles. The first kappa shape index (κ1) is 19.4. The lowest BCUT2D eigenvalue weighted by Crippen LogP contribution is -2.33. The first-order valence-electron chi connectivity index (χ1n) is 9.45. The summed E-state index contributed by atoms with van der Waals surface area (Å²) < 4.78 is 25.8. The van der Waals surface area contributed by atoms with Crippen molar-refractivity contribution < 1.29 is 13.9 Å². The molecule has 2 heterocycles. The van der Waals surface area contributed by atoms with Crippen molar-refractivity contribution in [1.82, 2.24) is 5.01 Å². The third kappa shape index (κ3) is 3.34. The molecule has 7 heteroatoms. The fraction of sp³-hybridized carbons (Fsp3) is 0.174. The van der Waals surface area contributed by atoms with Gasteiger partial charge in [-0.15, -0.1) is 0 Å². The van der Waals surface area contributed by atoms with Gasteiger partial charge in [0, 0.05) is 22.6 Å². The summed E-state index contributed by atoms with van der Waals surface area (Å²) in [6.07, 6.45) is 0.235. The smallest absolute Gasteiger partial charge is 0.213 e. The summed E-state index contributed by atoms with van der Waals surface area (Å²) in [4.78, 5) is 0. The van der Waals surface area contributed by atoms with Crippen LogP contribution in [0.3, 0.4) is 0 Å². The number of hydrogen-bond donors (Lipinski definition) is 0. The van der Waals surface area contributed by atoms with Crippen LogP contribution in [0.2, 0.25) is 5.02 Å². The summed E-state index contributed by atoms with van der Waals surface area (Å²) in [5.41, 5.74) is 3.78. The Labute approximate surface area is 187 Å². The highest BCUT2D eigenvalue weighted by Crippen LogP contribution is 2.48. The molecule has 0 spiro atoms. The Balaban J connectivity index is 1.58. The monoisotopic (exact) mass is 486 g/mol. The third-order valence-corrected chi connectivity index (χ3v) is 6.25. The lowest BCUT2D eigenvalue weighted by molar-refractivity contribution is -0.0191. The molecule has 0 saturated carbocycles. The van der Waals surface area contributed by atoms with E-state index in [-0.39, 0.29) is 11.9 Å². The van der Waals surface area contributed by atoms with Crippen molar-refractivity contribution in [3.63, 3.8) is 0 Å². The Bertz CT molecular complexity index is 1150. The molecule has 4 nitrogen and oxygen atoms in total. The number of methoxy groups -OCH3 is 1. The van der Waals surface area contributed by atoms with Gasteiger partial charge in [0.2, 0.25) is 6.23 Å². The number of hydrazone groups is 1. The summed E-state index contributed by atoms with van der Waals surface area (Å²) in [7, 11) is 1.64. The van der Waals surface area contributed by atoms with Gasteiger partial charge >= 0.3 is 0 Å². The Kier molecular flexibility index (Phi) is 4.91. The number of benzene rings is 3. The second kappa shape index (κ2) is 7.60. The molecular weight excluding hydrogens is 471 g/mol. The van der Waals surface area contributed by atoms with E-state index in [1.54, 1.807) is 19.2 Å². The van der Waals surface area contributed by atoms with E-state index < -0.39 is 6.23 Å². The van der Waals surface area contributed by atoms with E-state index in [0.717, 1.165) is 33.9 Å². The van der Waals surface area contributed by atoms with E-state index in [2.05, 4.69) is 15.9 Å². The zero-order valence-electron chi connectivity index (χ0n) is 16.0. The van der Waals surface area contributed by atoms with Crippen molar-refractivity contribution in [2.45, 2.75) is 18.7 Å². The first-order chi connectivity index (χ1) is 14.5. The summed E-state index contributed by atoms with van der Waals surface area (Å²) in [5.74, 6) is 1.24. The minimum atomic E-state index is -0.476. The predicted octanol–water partition coefficient (Wildman–Crippen LogP) is 6.49. The van der Waals surface area contributed by atoms with Crippen LogP contribution >= 0.6 is 27.5 Å². The van der Waals surface area contributed by atoms with E-state index in [1.165, 1.54) is 6.07 Å². The second-order valence-corrected chi connectivity index (χ2v) is 8.49. The van der Waals surface area contributed by atoms with Crippen LogP contribution in [0.4, 0.5) is 4.39 Å². The summed E-state index contributed by atoms with van der Waals surface area (Å²) >= 11 is 9.55. The molecular formula is C23H17BrClFN2O2. The van der Waals surface area contributed by atoms with Gasteiger partial charge in [0.15, 0.2) is 0 Å². The van der Waals surface area contributed by atoms with Crippen LogP contribution in [-0.2, 0) is 0 Å². The van der Waals surface area contributed by atoms with Crippen LogP contribution in [0.1, 0.15) is 35.4 Å².